The molecule has 2 aromatic rings. The Kier molecular flexibility index (Phi) is 6.37. The van der Waals surface area contributed by atoms with Gasteiger partial charge in [0.15, 0.2) is 0 Å². The van der Waals surface area contributed by atoms with Gasteiger partial charge >= 0.3 is 0 Å². The number of ether oxygens (including phenoxy) is 1. The summed E-state index contributed by atoms with van der Waals surface area (Å²) in [7, 11) is 0. The van der Waals surface area contributed by atoms with Crippen LogP contribution < -0.4 is 15.6 Å². The standard InChI is InChI=1S/C19H22N2O3/c1-14(2)13-24-17-10-6-9-16(12-17)19(23)21-20-18(22)11-15-7-4-3-5-8-15/h3-10,12,14H,11,13H2,1-2H3,(H,20,22)(H,21,23). The fraction of sp³-hybridized carbons (Fsp3) is 0.263. The smallest absolute Gasteiger partial charge is 0.269 e. The van der Waals surface area contributed by atoms with Crippen LogP contribution in [0.25, 0.3) is 0 Å². The zero-order valence-electron chi connectivity index (χ0n) is 13.9. The van der Waals surface area contributed by atoms with E-state index in [0.29, 0.717) is 23.8 Å². The monoisotopic (exact) mass is 326 g/mol. The lowest BCUT2D eigenvalue weighted by molar-refractivity contribution is -0.121. The summed E-state index contributed by atoms with van der Waals surface area (Å²) < 4.78 is 5.60. The van der Waals surface area contributed by atoms with Crippen LogP contribution in [0.2, 0.25) is 0 Å². The van der Waals surface area contributed by atoms with E-state index in [-0.39, 0.29) is 18.2 Å². The summed E-state index contributed by atoms with van der Waals surface area (Å²) in [5, 5.41) is 0. The predicted octanol–water partition coefficient (Wildman–Crippen LogP) is 2.73. The van der Waals surface area contributed by atoms with Crippen LogP contribution in [0.4, 0.5) is 0 Å². The number of hydrogen-bond acceptors (Lipinski definition) is 3. The van der Waals surface area contributed by atoms with Crippen molar-refractivity contribution in [1.29, 1.82) is 0 Å². The van der Waals surface area contributed by atoms with Crippen LogP contribution in [0.5, 0.6) is 5.75 Å². The molecule has 2 amide bonds. The van der Waals surface area contributed by atoms with Crippen LogP contribution in [0, 0.1) is 5.92 Å². The molecule has 0 spiro atoms. The number of rotatable bonds is 6. The zero-order chi connectivity index (χ0) is 17.4. The SMILES string of the molecule is CC(C)COc1cccc(C(=O)NNC(=O)Cc2ccccc2)c1. The van der Waals surface area contributed by atoms with Crippen molar-refractivity contribution >= 4 is 11.8 Å². The second-order valence-electron chi connectivity index (χ2n) is 5.90. The molecule has 0 aromatic heterocycles. The largest absolute Gasteiger partial charge is 0.493 e. The van der Waals surface area contributed by atoms with Gasteiger partial charge in [0, 0.05) is 5.56 Å². The average Bonchev–Trinajstić information content (AvgIpc) is 2.59. The number of benzene rings is 2. The van der Waals surface area contributed by atoms with Crippen molar-refractivity contribution in [1.82, 2.24) is 10.9 Å². The van der Waals surface area contributed by atoms with Crippen LogP contribution in [0.3, 0.4) is 0 Å². The summed E-state index contributed by atoms with van der Waals surface area (Å²) in [6, 6.07) is 16.2. The summed E-state index contributed by atoms with van der Waals surface area (Å²) >= 11 is 0. The molecule has 0 bridgehead atoms. The minimum Gasteiger partial charge on any atom is -0.493 e. The summed E-state index contributed by atoms with van der Waals surface area (Å²) in [5.41, 5.74) is 6.15. The molecule has 2 N–H and O–H groups in total. The molecule has 2 rings (SSSR count). The molecule has 0 radical (unpaired) electrons. The molecule has 0 fully saturated rings. The highest BCUT2D eigenvalue weighted by atomic mass is 16.5. The van der Waals surface area contributed by atoms with E-state index in [2.05, 4.69) is 24.7 Å². The molecule has 0 heterocycles. The van der Waals surface area contributed by atoms with Crippen molar-refractivity contribution in [2.75, 3.05) is 6.61 Å². The van der Waals surface area contributed by atoms with Gasteiger partial charge < -0.3 is 4.74 Å². The molecular weight excluding hydrogens is 304 g/mol. The molecule has 0 aliphatic heterocycles. The van der Waals surface area contributed by atoms with Gasteiger partial charge in [0.25, 0.3) is 5.91 Å². The lowest BCUT2D eigenvalue weighted by Gasteiger charge is -2.11. The molecule has 5 heteroatoms. The third-order valence-electron chi connectivity index (χ3n) is 3.20. The Hall–Kier alpha value is -2.82. The van der Waals surface area contributed by atoms with E-state index in [4.69, 9.17) is 4.74 Å². The molecule has 0 unspecified atom stereocenters. The Labute approximate surface area is 142 Å². The highest BCUT2D eigenvalue weighted by molar-refractivity contribution is 5.95. The van der Waals surface area contributed by atoms with E-state index in [1.54, 1.807) is 24.3 Å². The minimum atomic E-state index is -0.383. The molecule has 0 saturated heterocycles. The summed E-state index contributed by atoms with van der Waals surface area (Å²) in [6.07, 6.45) is 0.207. The normalized spacial score (nSPS) is 10.3. The van der Waals surface area contributed by atoms with E-state index >= 15 is 0 Å². The first-order valence-electron chi connectivity index (χ1n) is 7.90. The molecule has 126 valence electrons. The van der Waals surface area contributed by atoms with Crippen LogP contribution in [0.15, 0.2) is 54.6 Å². The highest BCUT2D eigenvalue weighted by Crippen LogP contribution is 2.14. The minimum absolute atomic E-state index is 0.207. The number of nitrogens with one attached hydrogen (secondary N) is 2. The van der Waals surface area contributed by atoms with Gasteiger partial charge in [-0.3, -0.25) is 20.4 Å². The van der Waals surface area contributed by atoms with Crippen molar-refractivity contribution < 1.29 is 14.3 Å². The van der Waals surface area contributed by atoms with E-state index in [1.165, 1.54) is 0 Å². The van der Waals surface area contributed by atoms with Gasteiger partial charge in [-0.2, -0.15) is 0 Å². The number of carbonyl (C=O) groups excluding carboxylic acids is 2. The Morgan fingerprint density at radius 3 is 2.46 bits per heavy atom. The molecule has 24 heavy (non-hydrogen) atoms. The summed E-state index contributed by atoms with van der Waals surface area (Å²) in [6.45, 7) is 4.69. The molecule has 0 aliphatic rings. The first-order chi connectivity index (χ1) is 11.5. The van der Waals surface area contributed by atoms with Crippen molar-refractivity contribution in [3.8, 4) is 5.75 Å². The maximum Gasteiger partial charge on any atom is 0.269 e. The van der Waals surface area contributed by atoms with E-state index in [0.717, 1.165) is 5.56 Å². The van der Waals surface area contributed by atoms with E-state index < -0.39 is 0 Å². The number of hydrogen-bond donors (Lipinski definition) is 2. The molecule has 0 atom stereocenters. The molecule has 0 aliphatic carbocycles. The number of hydrazine groups is 1. The van der Waals surface area contributed by atoms with Gasteiger partial charge in [-0.1, -0.05) is 50.2 Å². The third-order valence-corrected chi connectivity index (χ3v) is 3.20. The molecule has 0 saturated carbocycles. The molecular formula is C19H22N2O3. The van der Waals surface area contributed by atoms with Gasteiger partial charge in [-0.25, -0.2) is 0 Å². The van der Waals surface area contributed by atoms with Crippen LogP contribution in [-0.4, -0.2) is 18.4 Å². The third kappa shape index (κ3) is 5.76. The second-order valence-corrected chi connectivity index (χ2v) is 5.90. The Balaban J connectivity index is 1.85. The van der Waals surface area contributed by atoms with Crippen molar-refractivity contribution in [3.63, 3.8) is 0 Å². The van der Waals surface area contributed by atoms with Crippen LogP contribution >= 0.6 is 0 Å². The first kappa shape index (κ1) is 17.5. The van der Waals surface area contributed by atoms with Gasteiger partial charge in [0.05, 0.1) is 13.0 Å². The fourth-order valence-corrected chi connectivity index (χ4v) is 2.01. The lowest BCUT2D eigenvalue weighted by Crippen LogP contribution is -2.42. The fourth-order valence-electron chi connectivity index (χ4n) is 2.01. The van der Waals surface area contributed by atoms with Crippen LogP contribution in [0.1, 0.15) is 29.8 Å². The Morgan fingerprint density at radius 1 is 1.00 bits per heavy atom. The van der Waals surface area contributed by atoms with Gasteiger partial charge in [0.2, 0.25) is 5.91 Å². The lowest BCUT2D eigenvalue weighted by atomic mass is 10.1. The van der Waals surface area contributed by atoms with Gasteiger partial charge in [0.1, 0.15) is 5.75 Å². The van der Waals surface area contributed by atoms with Crippen molar-refractivity contribution in [2.24, 2.45) is 5.92 Å². The maximum absolute atomic E-state index is 12.1. The number of carbonyl (C=O) groups is 2. The number of amides is 2. The van der Waals surface area contributed by atoms with Gasteiger partial charge in [-0.15, -0.1) is 0 Å². The Bertz CT molecular complexity index is 684. The second kappa shape index (κ2) is 8.72. The van der Waals surface area contributed by atoms with Crippen molar-refractivity contribution in [2.45, 2.75) is 20.3 Å². The van der Waals surface area contributed by atoms with Crippen molar-refractivity contribution in [3.05, 3.63) is 65.7 Å². The summed E-state index contributed by atoms with van der Waals surface area (Å²) in [5.74, 6) is 0.375. The molecule has 5 nitrogen and oxygen atoms in total. The summed E-state index contributed by atoms with van der Waals surface area (Å²) in [4.78, 5) is 24.0. The zero-order valence-corrected chi connectivity index (χ0v) is 13.9. The average molecular weight is 326 g/mol. The van der Waals surface area contributed by atoms with E-state index in [1.807, 2.05) is 30.3 Å². The van der Waals surface area contributed by atoms with Crippen LogP contribution in [-0.2, 0) is 11.2 Å². The maximum atomic E-state index is 12.1. The molecule has 2 aromatic carbocycles. The topological polar surface area (TPSA) is 67.4 Å². The first-order valence-corrected chi connectivity index (χ1v) is 7.90. The van der Waals surface area contributed by atoms with Gasteiger partial charge in [-0.05, 0) is 29.7 Å². The predicted molar refractivity (Wildman–Crippen MR) is 92.5 cm³/mol. The Morgan fingerprint density at radius 2 is 1.75 bits per heavy atom. The highest BCUT2D eigenvalue weighted by Gasteiger charge is 2.09. The van der Waals surface area contributed by atoms with E-state index in [9.17, 15) is 9.59 Å². The quantitative estimate of drug-likeness (QED) is 0.802.